The Balaban J connectivity index is 3.11. The lowest BCUT2D eigenvalue weighted by atomic mass is 10.0. The van der Waals surface area contributed by atoms with E-state index in [1.54, 1.807) is 0 Å². The van der Waals surface area contributed by atoms with Crippen molar-refractivity contribution in [2.45, 2.75) is 129 Å². The van der Waals surface area contributed by atoms with Crippen molar-refractivity contribution in [3.05, 3.63) is 0 Å². The minimum atomic E-state index is -0.0463. The van der Waals surface area contributed by atoms with Crippen LogP contribution in [0.1, 0.15) is 129 Å². The molecule has 3 nitrogen and oxygen atoms in total. The standard InChI is InChI=1S/C24H49NO2/c1-3-5-7-9-10-11-12-13-14-15-16-17-19-23-27-24(26)20-22-25-21-18-8-6-4-2/h25H,3-23H2,1-2H3. The van der Waals surface area contributed by atoms with Crippen molar-refractivity contribution in [3.63, 3.8) is 0 Å². The summed E-state index contributed by atoms with van der Waals surface area (Å²) in [6.07, 6.45) is 23.1. The van der Waals surface area contributed by atoms with Gasteiger partial charge in [0.1, 0.15) is 0 Å². The molecule has 0 radical (unpaired) electrons. The van der Waals surface area contributed by atoms with E-state index >= 15 is 0 Å². The molecule has 162 valence electrons. The van der Waals surface area contributed by atoms with Gasteiger partial charge in [-0.05, 0) is 19.4 Å². The first-order valence-corrected chi connectivity index (χ1v) is 12.2. The number of nitrogens with one attached hydrogen (secondary N) is 1. The quantitative estimate of drug-likeness (QED) is 0.159. The molecule has 0 aliphatic heterocycles. The van der Waals surface area contributed by atoms with Crippen LogP contribution in [0, 0.1) is 0 Å². The van der Waals surface area contributed by atoms with Crippen LogP contribution in [0.25, 0.3) is 0 Å². The third-order valence-electron chi connectivity index (χ3n) is 5.22. The first-order chi connectivity index (χ1) is 13.3. The van der Waals surface area contributed by atoms with E-state index in [4.69, 9.17) is 4.74 Å². The Bertz CT molecular complexity index is 294. The summed E-state index contributed by atoms with van der Waals surface area (Å²) < 4.78 is 5.31. The second-order valence-corrected chi connectivity index (χ2v) is 8.02. The molecule has 0 rings (SSSR count). The van der Waals surface area contributed by atoms with Crippen LogP contribution in [-0.4, -0.2) is 25.7 Å². The lowest BCUT2D eigenvalue weighted by Crippen LogP contribution is -2.20. The zero-order valence-corrected chi connectivity index (χ0v) is 18.7. The van der Waals surface area contributed by atoms with Crippen LogP contribution in [0.5, 0.6) is 0 Å². The van der Waals surface area contributed by atoms with Gasteiger partial charge in [0.05, 0.1) is 13.0 Å². The number of ether oxygens (including phenoxy) is 1. The Hall–Kier alpha value is -0.570. The Morgan fingerprint density at radius 1 is 0.593 bits per heavy atom. The number of carbonyl (C=O) groups excluding carboxylic acids is 1. The highest BCUT2D eigenvalue weighted by molar-refractivity contribution is 5.69. The summed E-state index contributed by atoms with van der Waals surface area (Å²) in [6, 6.07) is 0. The Labute approximate surface area is 170 Å². The van der Waals surface area contributed by atoms with Gasteiger partial charge in [0.25, 0.3) is 0 Å². The number of carbonyl (C=O) groups is 1. The molecule has 0 bridgehead atoms. The molecular formula is C24H49NO2. The highest BCUT2D eigenvalue weighted by atomic mass is 16.5. The Kier molecular flexibility index (Phi) is 23.0. The SMILES string of the molecule is CCCCCCCCCCCCCCCOC(=O)CCNCCCCCC. The third-order valence-corrected chi connectivity index (χ3v) is 5.22. The molecule has 27 heavy (non-hydrogen) atoms. The minimum Gasteiger partial charge on any atom is -0.466 e. The molecule has 0 spiro atoms. The fraction of sp³-hybridized carbons (Fsp3) is 0.958. The molecule has 0 atom stereocenters. The summed E-state index contributed by atoms with van der Waals surface area (Å²) in [4.78, 5) is 11.6. The first-order valence-electron chi connectivity index (χ1n) is 12.2. The van der Waals surface area contributed by atoms with E-state index in [1.807, 2.05) is 0 Å². The number of unbranched alkanes of at least 4 members (excludes halogenated alkanes) is 15. The first kappa shape index (κ1) is 26.4. The molecule has 0 unspecified atom stereocenters. The van der Waals surface area contributed by atoms with E-state index in [0.29, 0.717) is 13.0 Å². The van der Waals surface area contributed by atoms with Crippen LogP contribution in [0.2, 0.25) is 0 Å². The average Bonchev–Trinajstić information content (AvgIpc) is 2.67. The van der Waals surface area contributed by atoms with Gasteiger partial charge in [-0.15, -0.1) is 0 Å². The molecular weight excluding hydrogens is 334 g/mol. The molecule has 0 amide bonds. The molecule has 0 saturated carbocycles. The molecule has 0 fully saturated rings. The second kappa shape index (κ2) is 23.5. The molecule has 0 aliphatic carbocycles. The summed E-state index contributed by atoms with van der Waals surface area (Å²) in [6.45, 7) is 6.88. The van der Waals surface area contributed by atoms with Crippen LogP contribution in [0.3, 0.4) is 0 Å². The van der Waals surface area contributed by atoms with E-state index in [-0.39, 0.29) is 5.97 Å². The maximum absolute atomic E-state index is 11.6. The summed E-state index contributed by atoms with van der Waals surface area (Å²) in [5, 5.41) is 3.33. The van der Waals surface area contributed by atoms with Crippen LogP contribution < -0.4 is 5.32 Å². The van der Waals surface area contributed by atoms with Crippen molar-refractivity contribution < 1.29 is 9.53 Å². The van der Waals surface area contributed by atoms with Crippen molar-refractivity contribution in [2.24, 2.45) is 0 Å². The van der Waals surface area contributed by atoms with Gasteiger partial charge in [-0.2, -0.15) is 0 Å². The molecule has 0 aromatic rings. The van der Waals surface area contributed by atoms with E-state index < -0.39 is 0 Å². The van der Waals surface area contributed by atoms with Crippen LogP contribution in [0.4, 0.5) is 0 Å². The number of hydrogen-bond acceptors (Lipinski definition) is 3. The number of esters is 1. The predicted octanol–water partition coefficient (Wildman–Crippen LogP) is 7.18. The summed E-state index contributed by atoms with van der Waals surface area (Å²) in [7, 11) is 0. The van der Waals surface area contributed by atoms with Crippen molar-refractivity contribution >= 4 is 5.97 Å². The highest BCUT2D eigenvalue weighted by Crippen LogP contribution is 2.12. The zero-order chi connectivity index (χ0) is 19.8. The minimum absolute atomic E-state index is 0.0463. The van der Waals surface area contributed by atoms with Gasteiger partial charge < -0.3 is 10.1 Å². The summed E-state index contributed by atoms with van der Waals surface area (Å²) in [5.74, 6) is -0.0463. The maximum Gasteiger partial charge on any atom is 0.307 e. The van der Waals surface area contributed by atoms with Crippen molar-refractivity contribution in [1.29, 1.82) is 0 Å². The summed E-state index contributed by atoms with van der Waals surface area (Å²) in [5.41, 5.74) is 0. The number of hydrogen-bond donors (Lipinski definition) is 1. The van der Waals surface area contributed by atoms with Gasteiger partial charge in [0.2, 0.25) is 0 Å². The van der Waals surface area contributed by atoms with Crippen molar-refractivity contribution in [2.75, 3.05) is 19.7 Å². The predicted molar refractivity (Wildman–Crippen MR) is 118 cm³/mol. The maximum atomic E-state index is 11.6. The molecule has 0 heterocycles. The van der Waals surface area contributed by atoms with Gasteiger partial charge in [-0.1, -0.05) is 110 Å². The van der Waals surface area contributed by atoms with Gasteiger partial charge >= 0.3 is 5.97 Å². The third kappa shape index (κ3) is 23.4. The van der Waals surface area contributed by atoms with Gasteiger partial charge in [0.15, 0.2) is 0 Å². The largest absolute Gasteiger partial charge is 0.466 e. The van der Waals surface area contributed by atoms with E-state index in [9.17, 15) is 4.79 Å². The number of rotatable bonds is 22. The van der Waals surface area contributed by atoms with Crippen molar-refractivity contribution in [1.82, 2.24) is 5.32 Å². The van der Waals surface area contributed by atoms with Crippen molar-refractivity contribution in [3.8, 4) is 0 Å². The van der Waals surface area contributed by atoms with E-state index in [0.717, 1.165) is 19.5 Å². The van der Waals surface area contributed by atoms with Crippen LogP contribution >= 0.6 is 0 Å². The zero-order valence-electron chi connectivity index (χ0n) is 18.7. The molecule has 0 aliphatic rings. The fourth-order valence-corrected chi connectivity index (χ4v) is 3.37. The van der Waals surface area contributed by atoms with Gasteiger partial charge in [0, 0.05) is 6.54 Å². The van der Waals surface area contributed by atoms with Gasteiger partial charge in [-0.3, -0.25) is 4.79 Å². The topological polar surface area (TPSA) is 38.3 Å². The summed E-state index contributed by atoms with van der Waals surface area (Å²) >= 11 is 0. The highest BCUT2D eigenvalue weighted by Gasteiger charge is 2.02. The molecule has 0 saturated heterocycles. The lowest BCUT2D eigenvalue weighted by molar-refractivity contribution is -0.143. The van der Waals surface area contributed by atoms with E-state index in [2.05, 4.69) is 19.2 Å². The fourth-order valence-electron chi connectivity index (χ4n) is 3.37. The average molecular weight is 384 g/mol. The lowest BCUT2D eigenvalue weighted by Gasteiger charge is -2.06. The molecule has 0 aromatic heterocycles. The van der Waals surface area contributed by atoms with Gasteiger partial charge in [-0.25, -0.2) is 0 Å². The Morgan fingerprint density at radius 3 is 1.56 bits per heavy atom. The normalized spacial score (nSPS) is 11.0. The van der Waals surface area contributed by atoms with E-state index in [1.165, 1.54) is 103 Å². The Morgan fingerprint density at radius 2 is 1.04 bits per heavy atom. The van der Waals surface area contributed by atoms with Crippen LogP contribution in [-0.2, 0) is 9.53 Å². The molecule has 1 N–H and O–H groups in total. The molecule has 3 heteroatoms. The second-order valence-electron chi connectivity index (χ2n) is 8.02. The molecule has 0 aromatic carbocycles. The smallest absolute Gasteiger partial charge is 0.307 e. The van der Waals surface area contributed by atoms with Crippen LogP contribution in [0.15, 0.2) is 0 Å². The monoisotopic (exact) mass is 383 g/mol.